The highest BCUT2D eigenvalue weighted by atomic mass is 32.1. The van der Waals surface area contributed by atoms with Crippen LogP contribution in [-0.2, 0) is 16.1 Å². The van der Waals surface area contributed by atoms with Crippen molar-refractivity contribution in [3.05, 3.63) is 59.9 Å². The number of aliphatic carboxylic acids is 1. The van der Waals surface area contributed by atoms with Crippen LogP contribution < -0.4 is 0 Å². The van der Waals surface area contributed by atoms with Crippen molar-refractivity contribution >= 4 is 51.7 Å². The van der Waals surface area contributed by atoms with Crippen LogP contribution in [0.3, 0.4) is 0 Å². The normalized spacial score (nSPS) is 9.96. The van der Waals surface area contributed by atoms with Gasteiger partial charge in [0.25, 0.3) is 5.97 Å². The maximum Gasteiger partial charge on any atom is 0.300 e. The number of nitrogens with zero attached hydrogens (tertiary/aromatic N) is 2. The van der Waals surface area contributed by atoms with Crippen molar-refractivity contribution in [2.45, 2.75) is 18.7 Å². The summed E-state index contributed by atoms with van der Waals surface area (Å²) in [6.45, 7) is 2.54. The van der Waals surface area contributed by atoms with Gasteiger partial charge >= 0.3 is 0 Å². The van der Waals surface area contributed by atoms with Crippen molar-refractivity contribution in [3.63, 3.8) is 0 Å². The number of carbonyl (C=O) groups excluding carboxylic acids is 1. The first-order valence-corrected chi connectivity index (χ1v) is 8.69. The third-order valence-corrected chi connectivity index (χ3v) is 4.27. The van der Waals surface area contributed by atoms with Gasteiger partial charge in [-0.05, 0) is 18.2 Å². The maximum atomic E-state index is 12.1. The van der Waals surface area contributed by atoms with Crippen LogP contribution in [0.4, 0.5) is 0 Å². The summed E-state index contributed by atoms with van der Waals surface area (Å²) in [6.07, 6.45) is 0. The van der Waals surface area contributed by atoms with Crippen LogP contribution in [0.5, 0.6) is 0 Å². The molecule has 0 aliphatic rings. The molecule has 3 rings (SSSR count). The summed E-state index contributed by atoms with van der Waals surface area (Å²) in [5.41, 5.74) is 2.03. The Morgan fingerprint density at radius 1 is 1.08 bits per heavy atom. The smallest absolute Gasteiger partial charge is 0.300 e. The Hall–Kier alpha value is -2.71. The number of hydrogen-bond acceptors (Lipinski definition) is 5. The molecule has 0 bridgehead atoms. The highest BCUT2D eigenvalue weighted by Gasteiger charge is 2.20. The molecule has 26 heavy (non-hydrogen) atoms. The molecule has 0 saturated carbocycles. The van der Waals surface area contributed by atoms with E-state index in [2.05, 4.69) is 17.6 Å². The van der Waals surface area contributed by atoms with Crippen LogP contribution in [0.25, 0.3) is 11.0 Å². The summed E-state index contributed by atoms with van der Waals surface area (Å²) in [5, 5.41) is 7.42. The number of thiol groups is 1. The van der Waals surface area contributed by atoms with Gasteiger partial charge in [-0.2, -0.15) is 0 Å². The lowest BCUT2D eigenvalue weighted by Crippen LogP contribution is -2.17. The minimum absolute atomic E-state index is 0.188. The van der Waals surface area contributed by atoms with E-state index in [9.17, 15) is 9.00 Å². The highest BCUT2D eigenvalue weighted by Crippen LogP contribution is 2.21. The lowest BCUT2D eigenvalue weighted by Gasteiger charge is -2.08. The zero-order valence-electron chi connectivity index (χ0n) is 14.0. The number of imidazole rings is 1. The number of rotatable bonds is 2. The molecule has 0 unspecified atom stereocenters. The molecule has 0 aliphatic heterocycles. The minimum Gasteiger partial charge on any atom is -0.481 e. The van der Waals surface area contributed by atoms with Crippen molar-refractivity contribution in [2.24, 2.45) is 0 Å². The van der Waals surface area contributed by atoms with E-state index < -0.39 is 5.97 Å². The minimum atomic E-state index is -0.833. The van der Waals surface area contributed by atoms with Crippen LogP contribution in [-0.4, -0.2) is 35.6 Å². The number of carboxylic acid groups (broad SMARTS) is 1. The van der Waals surface area contributed by atoms with E-state index in [0.717, 1.165) is 6.92 Å². The molecule has 8 heteroatoms. The number of fused-ring (bicyclic) bond motifs is 1. The summed E-state index contributed by atoms with van der Waals surface area (Å²) in [4.78, 5) is 26.6. The van der Waals surface area contributed by atoms with Gasteiger partial charge in [-0.1, -0.05) is 30.3 Å². The van der Waals surface area contributed by atoms with Gasteiger partial charge in [0.2, 0.25) is 5.91 Å². The van der Waals surface area contributed by atoms with Crippen molar-refractivity contribution in [3.8, 4) is 0 Å². The van der Waals surface area contributed by atoms with E-state index >= 15 is 0 Å². The number of carboxylic acids is 1. The molecule has 0 fully saturated rings. The molecule has 0 amide bonds. The molecule has 2 aromatic carbocycles. The largest absolute Gasteiger partial charge is 0.481 e. The van der Waals surface area contributed by atoms with E-state index in [1.807, 2.05) is 36.4 Å². The first kappa shape index (κ1) is 19.6. The second-order valence-corrected chi connectivity index (χ2v) is 6.28. The van der Waals surface area contributed by atoms with E-state index in [-0.39, 0.29) is 5.91 Å². The summed E-state index contributed by atoms with van der Waals surface area (Å²) in [6, 6.07) is 14.6. The first-order valence-electron chi connectivity index (χ1n) is 7.50. The van der Waals surface area contributed by atoms with Gasteiger partial charge in [0, 0.05) is 24.3 Å². The van der Waals surface area contributed by atoms with E-state index in [1.54, 1.807) is 12.1 Å². The lowest BCUT2D eigenvalue weighted by atomic mass is 10.1. The van der Waals surface area contributed by atoms with Gasteiger partial charge in [-0.3, -0.25) is 14.2 Å². The average molecular weight is 388 g/mol. The number of para-hydroxylation sites is 2. The van der Waals surface area contributed by atoms with Crippen LogP contribution in [0.2, 0.25) is 0 Å². The van der Waals surface area contributed by atoms with Gasteiger partial charge in [0.1, 0.15) is 16.1 Å². The Balaban J connectivity index is 0.000000552. The zero-order chi connectivity index (χ0) is 19.3. The van der Waals surface area contributed by atoms with Crippen LogP contribution in [0.1, 0.15) is 30.0 Å². The second kappa shape index (κ2) is 8.59. The number of aromatic nitrogens is 2. The quantitative estimate of drug-likeness (QED) is 0.400. The molecule has 6 nitrogen and oxygen atoms in total. The average Bonchev–Trinajstić information content (AvgIpc) is 2.96. The fraction of sp³-hybridized carbons (Fsp3) is 0.111. The Kier molecular flexibility index (Phi) is 6.48. The molecule has 134 valence electrons. The maximum absolute atomic E-state index is 12.1. The molecule has 0 radical (unpaired) electrons. The fourth-order valence-corrected chi connectivity index (χ4v) is 3.19. The van der Waals surface area contributed by atoms with E-state index in [1.165, 1.54) is 11.5 Å². The van der Waals surface area contributed by atoms with Crippen molar-refractivity contribution in [1.29, 1.82) is 0 Å². The third kappa shape index (κ3) is 4.27. The van der Waals surface area contributed by atoms with Gasteiger partial charge in [0.05, 0.1) is 11.0 Å². The summed E-state index contributed by atoms with van der Waals surface area (Å²) >= 11 is 4.71. The third-order valence-electron chi connectivity index (χ3n) is 3.31. The molecule has 3 aromatic rings. The summed E-state index contributed by atoms with van der Waals surface area (Å²) in [5.74, 6) is -0.665. The van der Waals surface area contributed by atoms with Crippen molar-refractivity contribution in [1.82, 2.24) is 9.55 Å². The standard InChI is InChI=1S/C16H12N2O2S2.C2H4O2/c1-10(19)18-13-8-4-3-7-12(13)17-16(18)15(22-20)11-6-2-5-9-14(11)21;1-2(3)4/h2-9,21H,1H3;1H3,(H,3,4). The van der Waals surface area contributed by atoms with E-state index in [4.69, 9.17) is 9.90 Å². The lowest BCUT2D eigenvalue weighted by molar-refractivity contribution is -0.134. The number of carbonyl (C=O) groups is 2. The predicted octanol–water partition coefficient (Wildman–Crippen LogP) is 2.86. The molecular formula is C18H16N2O4S2. The Morgan fingerprint density at radius 2 is 1.65 bits per heavy atom. The molecule has 1 aromatic heterocycles. The highest BCUT2D eigenvalue weighted by molar-refractivity contribution is 7.80. The number of benzene rings is 2. The molecule has 1 heterocycles. The second-order valence-electron chi connectivity index (χ2n) is 5.23. The molecular weight excluding hydrogens is 372 g/mol. The van der Waals surface area contributed by atoms with Gasteiger partial charge in [-0.15, -0.1) is 12.6 Å². The van der Waals surface area contributed by atoms with Gasteiger partial charge in [-0.25, -0.2) is 9.19 Å². The van der Waals surface area contributed by atoms with Gasteiger partial charge < -0.3 is 5.11 Å². The Morgan fingerprint density at radius 3 is 2.23 bits per heavy atom. The predicted molar refractivity (Wildman–Crippen MR) is 104 cm³/mol. The zero-order valence-corrected chi connectivity index (χ0v) is 15.8. The van der Waals surface area contributed by atoms with Crippen LogP contribution in [0, 0.1) is 0 Å². The van der Waals surface area contributed by atoms with E-state index in [0.29, 0.717) is 43.4 Å². The summed E-state index contributed by atoms with van der Waals surface area (Å²) < 4.78 is 13.2. The topological polar surface area (TPSA) is 89.3 Å². The molecule has 0 saturated heterocycles. The van der Waals surface area contributed by atoms with Crippen molar-refractivity contribution in [2.75, 3.05) is 0 Å². The number of hydrogen-bond donors (Lipinski definition) is 2. The molecule has 1 N–H and O–H groups in total. The molecule has 0 atom stereocenters. The van der Waals surface area contributed by atoms with Crippen LogP contribution >= 0.6 is 12.6 Å². The monoisotopic (exact) mass is 388 g/mol. The van der Waals surface area contributed by atoms with Crippen molar-refractivity contribution < 1.29 is 18.9 Å². The van der Waals surface area contributed by atoms with Crippen LogP contribution in [0.15, 0.2) is 53.4 Å². The SMILES string of the molecule is CC(=O)O.CC(=O)n1c(C(=S=O)c2ccccc2S)nc2ccccc21. The first-order chi connectivity index (χ1) is 12.4. The fourth-order valence-electron chi connectivity index (χ4n) is 2.37. The molecule has 0 spiro atoms. The Labute approximate surface area is 159 Å². The Bertz CT molecular complexity index is 1030. The molecule has 0 aliphatic carbocycles. The summed E-state index contributed by atoms with van der Waals surface area (Å²) in [7, 11) is 0. The van der Waals surface area contributed by atoms with Gasteiger partial charge in [0.15, 0.2) is 5.82 Å².